The first-order valence-electron chi connectivity index (χ1n) is 9.00. The zero-order chi connectivity index (χ0) is 19.6. The smallest absolute Gasteiger partial charge is 0.248 e. The molecule has 0 unspecified atom stereocenters. The number of hydrogen-bond acceptors (Lipinski definition) is 6. The molecular weight excluding hydrogens is 364 g/mol. The number of nitrogens with zero attached hydrogens (tertiary/aromatic N) is 4. The van der Waals surface area contributed by atoms with Crippen LogP contribution >= 0.6 is 11.3 Å². The van der Waals surface area contributed by atoms with E-state index in [-0.39, 0.29) is 37.1 Å². The topological polar surface area (TPSA) is 73.8 Å². The number of fused-ring (bicyclic) bond motifs is 1. The van der Waals surface area contributed by atoms with Gasteiger partial charge in [-0.2, -0.15) is 0 Å². The van der Waals surface area contributed by atoms with Gasteiger partial charge in [0.25, 0.3) is 0 Å². The summed E-state index contributed by atoms with van der Waals surface area (Å²) in [5, 5.41) is 0.610. The van der Waals surface area contributed by atoms with Gasteiger partial charge in [-0.15, -0.1) is 0 Å². The van der Waals surface area contributed by atoms with Gasteiger partial charge in [-0.25, -0.2) is 4.98 Å². The monoisotopic (exact) mass is 388 g/mol. The van der Waals surface area contributed by atoms with Crippen molar-refractivity contribution in [3.63, 3.8) is 0 Å². The van der Waals surface area contributed by atoms with Crippen molar-refractivity contribution in [1.29, 1.82) is 0 Å². The largest absolute Gasteiger partial charge is 0.309 e. The molecule has 8 heteroatoms. The molecule has 144 valence electrons. The Kier molecular flexibility index (Phi) is 5.86. The third-order valence-corrected chi connectivity index (χ3v) is 5.54. The van der Waals surface area contributed by atoms with Crippen molar-refractivity contribution >= 4 is 44.4 Å². The van der Waals surface area contributed by atoms with Gasteiger partial charge in [0.2, 0.25) is 17.7 Å². The van der Waals surface area contributed by atoms with Gasteiger partial charge in [0.1, 0.15) is 6.54 Å². The summed E-state index contributed by atoms with van der Waals surface area (Å²) in [7, 11) is 3.96. The average molecular weight is 388 g/mol. The number of anilines is 1. The van der Waals surface area contributed by atoms with Crippen molar-refractivity contribution in [3.05, 3.63) is 23.8 Å². The van der Waals surface area contributed by atoms with Crippen LogP contribution in [-0.2, 0) is 14.4 Å². The standard InChI is InChI=1S/C19H24N4O3S/c1-13-5-6-14-15(11-13)27-19(20-14)22(10-4-9-21(2)3)18(26)12-23-16(24)7-8-17(23)25/h5-6,11H,4,7-10,12H2,1-3H3. The van der Waals surface area contributed by atoms with Gasteiger partial charge in [0.05, 0.1) is 10.2 Å². The Morgan fingerprint density at radius 3 is 2.56 bits per heavy atom. The predicted octanol–water partition coefficient (Wildman–Crippen LogP) is 2.04. The lowest BCUT2D eigenvalue weighted by atomic mass is 10.2. The van der Waals surface area contributed by atoms with Crippen LogP contribution in [0.3, 0.4) is 0 Å². The number of likely N-dealkylation sites (tertiary alicyclic amines) is 1. The van der Waals surface area contributed by atoms with Gasteiger partial charge >= 0.3 is 0 Å². The van der Waals surface area contributed by atoms with Gasteiger partial charge in [0.15, 0.2) is 5.13 Å². The number of carbonyl (C=O) groups is 3. The summed E-state index contributed by atoms with van der Waals surface area (Å²) < 4.78 is 1.02. The molecule has 1 aromatic carbocycles. The fourth-order valence-corrected chi connectivity index (χ4v) is 4.13. The van der Waals surface area contributed by atoms with E-state index in [0.29, 0.717) is 11.7 Å². The SMILES string of the molecule is Cc1ccc2nc(N(CCCN(C)C)C(=O)CN3C(=O)CCC3=O)sc2c1. The predicted molar refractivity (Wildman–Crippen MR) is 106 cm³/mol. The summed E-state index contributed by atoms with van der Waals surface area (Å²) in [5.74, 6) is -0.823. The zero-order valence-corrected chi connectivity index (χ0v) is 16.7. The van der Waals surface area contributed by atoms with E-state index in [1.807, 2.05) is 39.2 Å². The molecule has 2 heterocycles. The van der Waals surface area contributed by atoms with Gasteiger partial charge in [0, 0.05) is 19.4 Å². The minimum atomic E-state index is -0.276. The van der Waals surface area contributed by atoms with Crippen LogP contribution in [0.1, 0.15) is 24.8 Å². The molecule has 0 atom stereocenters. The molecule has 3 rings (SSSR count). The molecule has 0 spiro atoms. The maximum Gasteiger partial charge on any atom is 0.248 e. The summed E-state index contributed by atoms with van der Waals surface area (Å²) >= 11 is 1.46. The van der Waals surface area contributed by atoms with Crippen molar-refractivity contribution in [2.24, 2.45) is 0 Å². The van der Waals surface area contributed by atoms with E-state index in [1.165, 1.54) is 11.3 Å². The number of benzene rings is 1. The van der Waals surface area contributed by atoms with Crippen LogP contribution < -0.4 is 4.90 Å². The van der Waals surface area contributed by atoms with Crippen molar-refractivity contribution in [3.8, 4) is 0 Å². The van der Waals surface area contributed by atoms with E-state index >= 15 is 0 Å². The molecular formula is C19H24N4O3S. The number of hydrogen-bond donors (Lipinski definition) is 0. The normalized spacial score (nSPS) is 14.6. The quantitative estimate of drug-likeness (QED) is 0.679. The molecule has 1 saturated heterocycles. The number of aryl methyl sites for hydroxylation is 1. The van der Waals surface area contributed by atoms with E-state index in [0.717, 1.165) is 33.6 Å². The van der Waals surface area contributed by atoms with E-state index in [2.05, 4.69) is 9.88 Å². The fraction of sp³-hybridized carbons (Fsp3) is 0.474. The lowest BCUT2D eigenvalue weighted by Gasteiger charge is -2.23. The number of rotatable bonds is 7. The van der Waals surface area contributed by atoms with Crippen molar-refractivity contribution in [1.82, 2.24) is 14.8 Å². The van der Waals surface area contributed by atoms with E-state index < -0.39 is 0 Å². The zero-order valence-electron chi connectivity index (χ0n) is 15.9. The summed E-state index contributed by atoms with van der Waals surface area (Å²) in [6, 6.07) is 5.98. The Balaban J connectivity index is 1.83. The molecule has 1 aromatic heterocycles. The summed E-state index contributed by atoms with van der Waals surface area (Å²) in [6.07, 6.45) is 1.15. The second kappa shape index (κ2) is 8.14. The third-order valence-electron chi connectivity index (χ3n) is 4.50. The van der Waals surface area contributed by atoms with Crippen LogP contribution in [0.4, 0.5) is 5.13 Å². The van der Waals surface area contributed by atoms with Crippen LogP contribution in [0.15, 0.2) is 18.2 Å². The molecule has 0 N–H and O–H groups in total. The highest BCUT2D eigenvalue weighted by Gasteiger charge is 2.32. The van der Waals surface area contributed by atoms with Crippen molar-refractivity contribution in [2.45, 2.75) is 26.2 Å². The van der Waals surface area contributed by atoms with Crippen LogP contribution in [-0.4, -0.2) is 66.2 Å². The maximum atomic E-state index is 12.9. The van der Waals surface area contributed by atoms with Gasteiger partial charge in [-0.3, -0.25) is 24.2 Å². The molecule has 0 bridgehead atoms. The van der Waals surface area contributed by atoms with E-state index in [1.54, 1.807) is 4.90 Å². The first-order chi connectivity index (χ1) is 12.8. The molecule has 0 saturated carbocycles. The van der Waals surface area contributed by atoms with Crippen LogP contribution in [0, 0.1) is 6.92 Å². The summed E-state index contributed by atoms with van der Waals surface area (Å²) in [5.41, 5.74) is 1.98. The van der Waals surface area contributed by atoms with Crippen LogP contribution in [0.25, 0.3) is 10.2 Å². The first kappa shape index (κ1) is 19.4. The number of imide groups is 1. The molecule has 1 aliphatic heterocycles. The number of aromatic nitrogens is 1. The van der Waals surface area contributed by atoms with Crippen LogP contribution in [0.2, 0.25) is 0 Å². The Bertz CT molecular complexity index is 861. The lowest BCUT2D eigenvalue weighted by molar-refractivity contribution is -0.141. The van der Waals surface area contributed by atoms with E-state index in [9.17, 15) is 14.4 Å². The van der Waals surface area contributed by atoms with Crippen molar-refractivity contribution in [2.75, 3.05) is 38.6 Å². The van der Waals surface area contributed by atoms with Gasteiger partial charge < -0.3 is 4.90 Å². The molecule has 27 heavy (non-hydrogen) atoms. The number of amides is 3. The minimum Gasteiger partial charge on any atom is -0.309 e. The Morgan fingerprint density at radius 2 is 1.89 bits per heavy atom. The average Bonchev–Trinajstić information content (AvgIpc) is 3.15. The fourth-order valence-electron chi connectivity index (χ4n) is 3.03. The van der Waals surface area contributed by atoms with Gasteiger partial charge in [-0.1, -0.05) is 17.4 Å². The molecule has 2 aromatic rings. The highest BCUT2D eigenvalue weighted by molar-refractivity contribution is 7.22. The molecule has 1 fully saturated rings. The second-order valence-electron chi connectivity index (χ2n) is 7.04. The molecule has 7 nitrogen and oxygen atoms in total. The Morgan fingerprint density at radius 1 is 1.19 bits per heavy atom. The lowest BCUT2D eigenvalue weighted by Crippen LogP contribution is -2.43. The first-order valence-corrected chi connectivity index (χ1v) is 9.82. The number of thiazole rings is 1. The molecule has 1 aliphatic rings. The summed E-state index contributed by atoms with van der Waals surface area (Å²) in [4.78, 5) is 46.0. The summed E-state index contributed by atoms with van der Waals surface area (Å²) in [6.45, 7) is 3.12. The van der Waals surface area contributed by atoms with Gasteiger partial charge in [-0.05, 0) is 51.7 Å². The third kappa shape index (κ3) is 4.51. The van der Waals surface area contributed by atoms with Crippen molar-refractivity contribution < 1.29 is 14.4 Å². The Hall–Kier alpha value is -2.32. The molecule has 0 aliphatic carbocycles. The Labute approximate surface area is 162 Å². The second-order valence-corrected chi connectivity index (χ2v) is 8.05. The van der Waals surface area contributed by atoms with E-state index in [4.69, 9.17) is 0 Å². The molecule has 3 amide bonds. The molecule has 0 radical (unpaired) electrons. The highest BCUT2D eigenvalue weighted by Crippen LogP contribution is 2.30. The number of carbonyl (C=O) groups excluding carboxylic acids is 3. The highest BCUT2D eigenvalue weighted by atomic mass is 32.1. The maximum absolute atomic E-state index is 12.9. The van der Waals surface area contributed by atoms with Crippen LogP contribution in [0.5, 0.6) is 0 Å². The minimum absolute atomic E-state index is 0.188.